The third-order valence-electron chi connectivity index (χ3n) is 5.78. The molecule has 0 spiro atoms. The largest absolute Gasteiger partial charge is 0.362 e. The van der Waals surface area contributed by atoms with Crippen LogP contribution in [-0.2, 0) is 11.2 Å². The van der Waals surface area contributed by atoms with E-state index in [2.05, 4.69) is 15.6 Å². The molecule has 1 heterocycles. The molecule has 33 heavy (non-hydrogen) atoms. The zero-order chi connectivity index (χ0) is 22.7. The Morgan fingerprint density at radius 3 is 2.39 bits per heavy atom. The van der Waals surface area contributed by atoms with Gasteiger partial charge in [0.2, 0.25) is 11.9 Å². The number of amides is 1. The topological polar surface area (TPSA) is 70.2 Å². The van der Waals surface area contributed by atoms with Gasteiger partial charge >= 0.3 is 0 Å². The summed E-state index contributed by atoms with van der Waals surface area (Å²) in [7, 11) is 3.93. The zero-order valence-electron chi connectivity index (χ0n) is 18.6. The van der Waals surface area contributed by atoms with Crippen molar-refractivity contribution in [2.75, 3.05) is 24.3 Å². The first kappa shape index (κ1) is 24.6. The number of halogens is 3. The van der Waals surface area contributed by atoms with E-state index >= 15 is 0 Å². The average molecular weight is 476 g/mol. The number of nitrogens with zero attached hydrogens (tertiary/aromatic N) is 3. The van der Waals surface area contributed by atoms with Crippen molar-refractivity contribution < 1.29 is 13.6 Å². The van der Waals surface area contributed by atoms with Crippen LogP contribution in [0.15, 0.2) is 42.5 Å². The highest BCUT2D eigenvalue weighted by Crippen LogP contribution is 2.26. The van der Waals surface area contributed by atoms with Crippen molar-refractivity contribution in [3.8, 4) is 0 Å². The molecule has 1 saturated carbocycles. The lowest BCUT2D eigenvalue weighted by Crippen LogP contribution is -2.41. The van der Waals surface area contributed by atoms with E-state index in [1.165, 1.54) is 6.07 Å². The predicted octanol–water partition coefficient (Wildman–Crippen LogP) is 4.48. The molecule has 1 aromatic heterocycles. The minimum atomic E-state index is -0.935. The van der Waals surface area contributed by atoms with Crippen molar-refractivity contribution in [1.82, 2.24) is 15.3 Å². The Labute approximate surface area is 198 Å². The van der Waals surface area contributed by atoms with Crippen LogP contribution in [0.4, 0.5) is 20.5 Å². The molecule has 9 heteroatoms. The summed E-state index contributed by atoms with van der Waals surface area (Å²) in [5.41, 5.74) is 1.36. The Hall–Kier alpha value is -3.00. The number of nitrogens with one attached hydrogen (secondary N) is 2. The highest BCUT2D eigenvalue weighted by Gasteiger charge is 2.23. The van der Waals surface area contributed by atoms with Crippen LogP contribution in [0.2, 0.25) is 0 Å². The molecule has 6 nitrogen and oxygen atoms in total. The fraction of sp³-hybridized carbons (Fsp3) is 0.375. The molecule has 4 rings (SSSR count). The molecule has 0 atom stereocenters. The van der Waals surface area contributed by atoms with Gasteiger partial charge in [-0.05, 0) is 55.5 Å². The van der Waals surface area contributed by atoms with E-state index in [0.29, 0.717) is 11.5 Å². The van der Waals surface area contributed by atoms with Gasteiger partial charge < -0.3 is 15.5 Å². The molecule has 3 aromatic rings. The molecule has 0 bridgehead atoms. The van der Waals surface area contributed by atoms with Crippen molar-refractivity contribution in [3.63, 3.8) is 0 Å². The molecule has 0 aliphatic heterocycles. The van der Waals surface area contributed by atoms with Gasteiger partial charge in [0.25, 0.3) is 0 Å². The first-order chi connectivity index (χ1) is 15.4. The lowest BCUT2D eigenvalue weighted by Gasteiger charge is -2.30. The minimum absolute atomic E-state index is 0. The summed E-state index contributed by atoms with van der Waals surface area (Å²) in [4.78, 5) is 23.7. The lowest BCUT2D eigenvalue weighted by molar-refractivity contribution is -0.121. The summed E-state index contributed by atoms with van der Waals surface area (Å²) in [6.45, 7) is 0. The highest BCUT2D eigenvalue weighted by molar-refractivity contribution is 5.90. The Balaban J connectivity index is 0.00000306. The summed E-state index contributed by atoms with van der Waals surface area (Å²) in [5, 5.41) is 7.48. The Morgan fingerprint density at radius 2 is 1.70 bits per heavy atom. The summed E-state index contributed by atoms with van der Waals surface area (Å²) in [6.07, 6.45) is 3.45. The number of anilines is 2. The molecule has 1 amide bonds. The average Bonchev–Trinajstić information content (AvgIpc) is 2.77. The Kier molecular flexibility index (Phi) is 8.02. The number of para-hydroxylation sites is 1. The zero-order valence-corrected chi connectivity index (χ0v) is 19.5. The summed E-state index contributed by atoms with van der Waals surface area (Å²) >= 11 is 0. The maximum Gasteiger partial charge on any atom is 0.225 e. The molecule has 176 valence electrons. The third-order valence-corrected chi connectivity index (χ3v) is 5.78. The van der Waals surface area contributed by atoms with E-state index in [9.17, 15) is 13.6 Å². The van der Waals surface area contributed by atoms with Crippen LogP contribution in [0.1, 0.15) is 31.2 Å². The van der Waals surface area contributed by atoms with E-state index in [-0.39, 0.29) is 36.8 Å². The van der Waals surface area contributed by atoms with Crippen LogP contribution in [0.5, 0.6) is 0 Å². The van der Waals surface area contributed by atoms with Gasteiger partial charge in [-0.3, -0.25) is 4.79 Å². The summed E-state index contributed by atoms with van der Waals surface area (Å²) < 4.78 is 26.4. The molecular weight excluding hydrogens is 448 g/mol. The fourth-order valence-corrected chi connectivity index (χ4v) is 4.14. The van der Waals surface area contributed by atoms with Gasteiger partial charge in [0, 0.05) is 31.6 Å². The second-order valence-corrected chi connectivity index (χ2v) is 8.47. The van der Waals surface area contributed by atoms with Crippen molar-refractivity contribution in [2.45, 2.75) is 44.2 Å². The van der Waals surface area contributed by atoms with Crippen LogP contribution in [0, 0.1) is 11.6 Å². The summed E-state index contributed by atoms with van der Waals surface area (Å²) in [5.74, 6) is -0.543. The van der Waals surface area contributed by atoms with Gasteiger partial charge in [-0.15, -0.1) is 12.4 Å². The van der Waals surface area contributed by atoms with Crippen molar-refractivity contribution >= 4 is 41.0 Å². The summed E-state index contributed by atoms with van der Waals surface area (Å²) in [6, 6.07) is 11.8. The number of benzene rings is 2. The fourth-order valence-electron chi connectivity index (χ4n) is 4.14. The predicted molar refractivity (Wildman–Crippen MR) is 129 cm³/mol. The first-order valence-electron chi connectivity index (χ1n) is 10.8. The minimum Gasteiger partial charge on any atom is -0.362 e. The molecular formula is C24H28ClF2N5O. The lowest BCUT2D eigenvalue weighted by atomic mass is 9.91. The monoisotopic (exact) mass is 475 g/mol. The van der Waals surface area contributed by atoms with E-state index < -0.39 is 11.6 Å². The van der Waals surface area contributed by atoms with Gasteiger partial charge in [-0.25, -0.2) is 13.8 Å². The Bertz CT molecular complexity index is 1120. The third kappa shape index (κ3) is 6.07. The van der Waals surface area contributed by atoms with Crippen molar-refractivity contribution in [2.24, 2.45) is 0 Å². The van der Waals surface area contributed by atoms with Crippen LogP contribution in [-0.4, -0.2) is 42.1 Å². The van der Waals surface area contributed by atoms with E-state index in [4.69, 9.17) is 4.98 Å². The molecule has 0 saturated heterocycles. The molecule has 2 N–H and O–H groups in total. The number of rotatable bonds is 6. The van der Waals surface area contributed by atoms with Crippen molar-refractivity contribution in [1.29, 1.82) is 0 Å². The van der Waals surface area contributed by atoms with Crippen LogP contribution >= 0.6 is 12.4 Å². The Morgan fingerprint density at radius 1 is 1.00 bits per heavy atom. The smallest absolute Gasteiger partial charge is 0.225 e. The van der Waals surface area contributed by atoms with E-state index in [1.54, 1.807) is 0 Å². The number of hydrogen-bond donors (Lipinski definition) is 2. The second-order valence-electron chi connectivity index (χ2n) is 8.47. The molecule has 0 unspecified atom stereocenters. The van der Waals surface area contributed by atoms with Gasteiger partial charge in [0.1, 0.15) is 5.82 Å². The number of fused-ring (bicyclic) bond motifs is 1. The first-order valence-corrected chi connectivity index (χ1v) is 10.8. The molecule has 2 aromatic carbocycles. The molecule has 1 aliphatic rings. The number of hydrogen-bond acceptors (Lipinski definition) is 5. The second kappa shape index (κ2) is 10.7. The molecule has 0 radical (unpaired) electrons. The number of aromatic nitrogens is 2. The standard InChI is InChI=1S/C24H27F2N5O.ClH/c1-31(2)23-18-5-3-4-6-21(18)29-24(30-23)28-17-10-8-16(9-11-17)27-22(32)14-15-7-12-19(25)20(26)13-15;/h3-7,12-13,16-17H,8-11,14H2,1-2H3,(H,27,32)(H,28,29,30);1H/t16-,17+;. The van der Waals surface area contributed by atoms with Gasteiger partial charge in [-0.1, -0.05) is 18.2 Å². The maximum absolute atomic E-state index is 13.3. The molecule has 1 aliphatic carbocycles. The molecule has 1 fully saturated rings. The number of carbonyl (C=O) groups excluding carboxylic acids is 1. The van der Waals surface area contributed by atoms with Crippen LogP contribution in [0.25, 0.3) is 10.9 Å². The van der Waals surface area contributed by atoms with Crippen LogP contribution < -0.4 is 15.5 Å². The van der Waals surface area contributed by atoms with Gasteiger partial charge in [0.15, 0.2) is 11.6 Å². The van der Waals surface area contributed by atoms with Gasteiger partial charge in [0.05, 0.1) is 11.9 Å². The normalized spacial score (nSPS) is 17.8. The highest BCUT2D eigenvalue weighted by atomic mass is 35.5. The van der Waals surface area contributed by atoms with E-state index in [0.717, 1.165) is 54.5 Å². The quantitative estimate of drug-likeness (QED) is 0.550. The SMILES string of the molecule is CN(C)c1nc(N[C@H]2CC[C@@H](NC(=O)Cc3ccc(F)c(F)c3)CC2)nc2ccccc12.Cl. The van der Waals surface area contributed by atoms with Crippen molar-refractivity contribution in [3.05, 3.63) is 59.7 Å². The maximum atomic E-state index is 13.3. The van der Waals surface area contributed by atoms with Gasteiger partial charge in [-0.2, -0.15) is 4.98 Å². The van der Waals surface area contributed by atoms with E-state index in [1.807, 2.05) is 43.3 Å². The van der Waals surface area contributed by atoms with Crippen LogP contribution in [0.3, 0.4) is 0 Å². The number of carbonyl (C=O) groups is 1.